The second-order valence-corrected chi connectivity index (χ2v) is 6.46. The third-order valence-electron chi connectivity index (χ3n) is 2.96. The number of carbonyl (C=O) groups is 1. The van der Waals surface area contributed by atoms with Crippen molar-refractivity contribution in [1.29, 1.82) is 0 Å². The Morgan fingerprint density at radius 1 is 1.47 bits per heavy atom. The standard InChI is InChI=1S/C11H15BrN2OS.ClH/c1-14(8-4-6-13-7-5-8)11(15)9-2-3-10(12)16-9;/h2-3,8,13H,4-7H2,1H3;1H. The molecule has 6 heteroatoms. The lowest BCUT2D eigenvalue weighted by Crippen LogP contribution is -2.43. The number of halogens is 2. The first-order chi connectivity index (χ1) is 7.68. The molecule has 1 saturated heterocycles. The molecule has 0 unspecified atom stereocenters. The van der Waals surface area contributed by atoms with Gasteiger partial charge in [-0.05, 0) is 54.0 Å². The summed E-state index contributed by atoms with van der Waals surface area (Å²) in [6.45, 7) is 2.02. The first kappa shape index (κ1) is 15.0. The second kappa shape index (κ2) is 6.73. The number of hydrogen-bond acceptors (Lipinski definition) is 3. The van der Waals surface area contributed by atoms with E-state index in [2.05, 4.69) is 21.2 Å². The lowest BCUT2D eigenvalue weighted by atomic mass is 10.1. The molecular formula is C11H16BrClN2OS. The van der Waals surface area contributed by atoms with Gasteiger partial charge in [-0.3, -0.25) is 4.79 Å². The average molecular weight is 340 g/mol. The average Bonchev–Trinajstić information content (AvgIpc) is 2.75. The van der Waals surface area contributed by atoms with Crippen LogP contribution in [-0.4, -0.2) is 37.0 Å². The van der Waals surface area contributed by atoms with Crippen LogP contribution in [0.4, 0.5) is 0 Å². The van der Waals surface area contributed by atoms with E-state index in [9.17, 15) is 4.79 Å². The van der Waals surface area contributed by atoms with E-state index in [1.54, 1.807) is 0 Å². The minimum Gasteiger partial charge on any atom is -0.338 e. The van der Waals surface area contributed by atoms with E-state index < -0.39 is 0 Å². The minimum absolute atomic E-state index is 0. The summed E-state index contributed by atoms with van der Waals surface area (Å²) in [5, 5.41) is 3.31. The molecule has 0 radical (unpaired) electrons. The molecule has 1 aliphatic heterocycles. The molecule has 0 aromatic carbocycles. The zero-order valence-electron chi connectivity index (χ0n) is 9.61. The van der Waals surface area contributed by atoms with E-state index in [0.29, 0.717) is 6.04 Å². The van der Waals surface area contributed by atoms with Gasteiger partial charge in [-0.25, -0.2) is 0 Å². The molecule has 2 rings (SSSR count). The van der Waals surface area contributed by atoms with Crippen molar-refractivity contribution in [3.05, 3.63) is 20.8 Å². The Hall–Kier alpha value is -0.100. The van der Waals surface area contributed by atoms with Crippen LogP contribution in [0, 0.1) is 0 Å². The van der Waals surface area contributed by atoms with Gasteiger partial charge in [-0.1, -0.05) is 0 Å². The summed E-state index contributed by atoms with van der Waals surface area (Å²) in [6, 6.07) is 4.19. The van der Waals surface area contributed by atoms with Crippen molar-refractivity contribution in [2.45, 2.75) is 18.9 Å². The van der Waals surface area contributed by atoms with Crippen molar-refractivity contribution >= 4 is 45.6 Å². The van der Waals surface area contributed by atoms with Crippen LogP contribution in [-0.2, 0) is 0 Å². The van der Waals surface area contributed by atoms with Gasteiger partial charge in [0.15, 0.2) is 0 Å². The normalized spacial score (nSPS) is 16.4. The first-order valence-electron chi connectivity index (χ1n) is 5.41. The Morgan fingerprint density at radius 3 is 2.65 bits per heavy atom. The fourth-order valence-corrected chi connectivity index (χ4v) is 3.33. The quantitative estimate of drug-likeness (QED) is 0.898. The van der Waals surface area contributed by atoms with Crippen LogP contribution in [0.5, 0.6) is 0 Å². The molecule has 1 amide bonds. The molecule has 0 atom stereocenters. The molecule has 1 aromatic rings. The molecule has 0 bridgehead atoms. The Labute approximate surface area is 120 Å². The van der Waals surface area contributed by atoms with Gasteiger partial charge in [0.2, 0.25) is 0 Å². The van der Waals surface area contributed by atoms with Gasteiger partial charge in [-0.2, -0.15) is 0 Å². The number of nitrogens with one attached hydrogen (secondary N) is 1. The van der Waals surface area contributed by atoms with E-state index in [1.807, 2.05) is 24.1 Å². The maximum absolute atomic E-state index is 12.2. The topological polar surface area (TPSA) is 32.3 Å². The van der Waals surface area contributed by atoms with Crippen molar-refractivity contribution in [3.8, 4) is 0 Å². The van der Waals surface area contributed by atoms with E-state index in [-0.39, 0.29) is 18.3 Å². The monoisotopic (exact) mass is 338 g/mol. The number of thiophene rings is 1. The molecule has 96 valence electrons. The Kier molecular flexibility index (Phi) is 5.92. The summed E-state index contributed by atoms with van der Waals surface area (Å²) in [7, 11) is 1.91. The Morgan fingerprint density at radius 2 is 2.12 bits per heavy atom. The molecule has 3 nitrogen and oxygen atoms in total. The largest absolute Gasteiger partial charge is 0.338 e. The van der Waals surface area contributed by atoms with E-state index in [1.165, 1.54) is 11.3 Å². The van der Waals surface area contributed by atoms with Gasteiger partial charge < -0.3 is 10.2 Å². The van der Waals surface area contributed by atoms with Crippen molar-refractivity contribution in [1.82, 2.24) is 10.2 Å². The zero-order valence-corrected chi connectivity index (χ0v) is 12.8. The highest BCUT2D eigenvalue weighted by Crippen LogP contribution is 2.24. The van der Waals surface area contributed by atoms with E-state index in [0.717, 1.165) is 34.6 Å². The van der Waals surface area contributed by atoms with Crippen molar-refractivity contribution < 1.29 is 4.79 Å². The number of nitrogens with zero attached hydrogens (tertiary/aromatic N) is 1. The summed E-state index contributed by atoms with van der Waals surface area (Å²) in [5.74, 6) is 0.141. The molecule has 1 aliphatic rings. The molecule has 17 heavy (non-hydrogen) atoms. The molecule has 1 fully saturated rings. The van der Waals surface area contributed by atoms with Crippen LogP contribution in [0.1, 0.15) is 22.5 Å². The third kappa shape index (κ3) is 3.68. The van der Waals surface area contributed by atoms with Crippen LogP contribution in [0.2, 0.25) is 0 Å². The summed E-state index contributed by atoms with van der Waals surface area (Å²) >= 11 is 4.88. The van der Waals surface area contributed by atoms with Crippen LogP contribution in [0.25, 0.3) is 0 Å². The van der Waals surface area contributed by atoms with E-state index >= 15 is 0 Å². The van der Waals surface area contributed by atoms with Gasteiger partial charge in [0.05, 0.1) is 8.66 Å². The second-order valence-electron chi connectivity index (χ2n) is 4.00. The van der Waals surface area contributed by atoms with Gasteiger partial charge in [0.25, 0.3) is 5.91 Å². The highest BCUT2D eigenvalue weighted by Gasteiger charge is 2.23. The molecule has 1 aromatic heterocycles. The first-order valence-corrected chi connectivity index (χ1v) is 7.02. The molecule has 2 heterocycles. The Bertz CT molecular complexity index is 379. The van der Waals surface area contributed by atoms with Crippen molar-refractivity contribution in [3.63, 3.8) is 0 Å². The summed E-state index contributed by atoms with van der Waals surface area (Å²) < 4.78 is 1.01. The highest BCUT2D eigenvalue weighted by molar-refractivity contribution is 9.11. The smallest absolute Gasteiger partial charge is 0.263 e. The fourth-order valence-electron chi connectivity index (χ4n) is 1.96. The number of carbonyl (C=O) groups excluding carboxylic acids is 1. The fraction of sp³-hybridized carbons (Fsp3) is 0.545. The highest BCUT2D eigenvalue weighted by atomic mass is 79.9. The number of piperidine rings is 1. The Balaban J connectivity index is 0.00000144. The lowest BCUT2D eigenvalue weighted by molar-refractivity contribution is 0.0708. The summed E-state index contributed by atoms with van der Waals surface area (Å²) in [5.41, 5.74) is 0. The lowest BCUT2D eigenvalue weighted by Gasteiger charge is -2.31. The van der Waals surface area contributed by atoms with Gasteiger partial charge >= 0.3 is 0 Å². The van der Waals surface area contributed by atoms with Gasteiger partial charge in [0.1, 0.15) is 0 Å². The maximum atomic E-state index is 12.2. The number of rotatable bonds is 2. The van der Waals surface area contributed by atoms with Crippen molar-refractivity contribution in [2.24, 2.45) is 0 Å². The third-order valence-corrected chi connectivity index (χ3v) is 4.57. The zero-order chi connectivity index (χ0) is 11.5. The van der Waals surface area contributed by atoms with Crippen LogP contribution >= 0.6 is 39.7 Å². The van der Waals surface area contributed by atoms with Crippen molar-refractivity contribution in [2.75, 3.05) is 20.1 Å². The SMILES string of the molecule is CN(C(=O)c1ccc(Br)s1)C1CCNCC1.Cl. The minimum atomic E-state index is 0. The van der Waals surface area contributed by atoms with E-state index in [4.69, 9.17) is 0 Å². The van der Waals surface area contributed by atoms with Crippen LogP contribution in [0.15, 0.2) is 15.9 Å². The summed E-state index contributed by atoms with van der Waals surface area (Å²) in [4.78, 5) is 14.9. The number of hydrogen-bond donors (Lipinski definition) is 1. The molecular weight excluding hydrogens is 324 g/mol. The van der Waals surface area contributed by atoms with Crippen LogP contribution in [0.3, 0.4) is 0 Å². The molecule has 0 saturated carbocycles. The van der Waals surface area contributed by atoms with Crippen LogP contribution < -0.4 is 5.32 Å². The molecule has 1 N–H and O–H groups in total. The predicted octanol–water partition coefficient (Wildman–Crippen LogP) is 2.76. The predicted molar refractivity (Wildman–Crippen MR) is 77.3 cm³/mol. The van der Waals surface area contributed by atoms with Gasteiger partial charge in [-0.15, -0.1) is 23.7 Å². The number of amides is 1. The van der Waals surface area contributed by atoms with Gasteiger partial charge in [0, 0.05) is 13.1 Å². The molecule has 0 spiro atoms. The summed E-state index contributed by atoms with van der Waals surface area (Å²) in [6.07, 6.45) is 2.10. The maximum Gasteiger partial charge on any atom is 0.263 e. The molecule has 0 aliphatic carbocycles.